The van der Waals surface area contributed by atoms with E-state index in [4.69, 9.17) is 21.1 Å². The zero-order valence-electron chi connectivity index (χ0n) is 10.8. The van der Waals surface area contributed by atoms with Crippen molar-refractivity contribution in [2.75, 3.05) is 0 Å². The molecule has 0 aliphatic rings. The molecule has 2 aromatic carbocycles. The number of hydrogen-bond donors (Lipinski definition) is 1. The first-order valence-electron chi connectivity index (χ1n) is 6.19. The van der Waals surface area contributed by atoms with Crippen molar-refractivity contribution < 1.29 is 14.3 Å². The molecule has 4 nitrogen and oxygen atoms in total. The molecule has 0 fully saturated rings. The van der Waals surface area contributed by atoms with Crippen molar-refractivity contribution in [3.63, 3.8) is 0 Å². The van der Waals surface area contributed by atoms with Gasteiger partial charge in [-0.2, -0.15) is 0 Å². The van der Waals surface area contributed by atoms with Crippen LogP contribution in [0.3, 0.4) is 0 Å². The molecule has 0 amide bonds. The fraction of sp³-hybridized carbons (Fsp3) is 0. The van der Waals surface area contributed by atoms with E-state index in [0.29, 0.717) is 22.2 Å². The second-order valence-electron chi connectivity index (χ2n) is 4.40. The molecule has 0 bridgehead atoms. The first-order chi connectivity index (χ1) is 10.1. The molecule has 1 heterocycles. The molecular weight excluding hydrogens is 290 g/mol. The van der Waals surface area contributed by atoms with Gasteiger partial charge in [-0.15, -0.1) is 0 Å². The predicted molar refractivity (Wildman–Crippen MR) is 79.3 cm³/mol. The highest BCUT2D eigenvalue weighted by Crippen LogP contribution is 2.29. The number of rotatable bonds is 3. The molecular formula is C16H10ClNO3. The van der Waals surface area contributed by atoms with Crippen molar-refractivity contribution in [3.05, 3.63) is 65.4 Å². The van der Waals surface area contributed by atoms with Crippen LogP contribution in [0.25, 0.3) is 22.7 Å². The maximum atomic E-state index is 11.0. The summed E-state index contributed by atoms with van der Waals surface area (Å²) >= 11 is 6.12. The Balaban J connectivity index is 2.01. The Hall–Kier alpha value is -2.59. The van der Waals surface area contributed by atoms with Gasteiger partial charge in [-0.1, -0.05) is 35.9 Å². The standard InChI is InChI=1S/C16H10ClNO3/c17-13-7-2-1-6-12(13)14-9-21-15(18-14)10-4-3-5-11(8-10)16(19)20/h1-9H,(H,19,20). The number of halogens is 1. The van der Waals surface area contributed by atoms with E-state index in [1.54, 1.807) is 18.2 Å². The molecule has 5 heteroatoms. The van der Waals surface area contributed by atoms with Crippen LogP contribution in [0.1, 0.15) is 10.4 Å². The molecule has 104 valence electrons. The Morgan fingerprint density at radius 1 is 1.14 bits per heavy atom. The Labute approximate surface area is 125 Å². The van der Waals surface area contributed by atoms with Crippen molar-refractivity contribution in [2.45, 2.75) is 0 Å². The van der Waals surface area contributed by atoms with Gasteiger partial charge in [0.25, 0.3) is 0 Å². The maximum absolute atomic E-state index is 11.0. The molecule has 0 saturated heterocycles. The molecule has 3 rings (SSSR count). The number of hydrogen-bond acceptors (Lipinski definition) is 3. The topological polar surface area (TPSA) is 63.3 Å². The lowest BCUT2D eigenvalue weighted by Crippen LogP contribution is -1.95. The van der Waals surface area contributed by atoms with Gasteiger partial charge in [0.1, 0.15) is 12.0 Å². The molecule has 0 saturated carbocycles. The first kappa shape index (κ1) is 13.4. The van der Waals surface area contributed by atoms with Crippen LogP contribution in [0.15, 0.2) is 59.2 Å². The summed E-state index contributed by atoms with van der Waals surface area (Å²) < 4.78 is 5.43. The fourth-order valence-corrected chi connectivity index (χ4v) is 2.22. The zero-order valence-corrected chi connectivity index (χ0v) is 11.5. The average Bonchev–Trinajstić information content (AvgIpc) is 2.97. The summed E-state index contributed by atoms with van der Waals surface area (Å²) in [5.74, 6) is -0.636. The van der Waals surface area contributed by atoms with Crippen LogP contribution >= 0.6 is 11.6 Å². The van der Waals surface area contributed by atoms with Crippen LogP contribution in [0, 0.1) is 0 Å². The van der Waals surface area contributed by atoms with Gasteiger partial charge in [0.2, 0.25) is 5.89 Å². The average molecular weight is 300 g/mol. The SMILES string of the molecule is O=C(O)c1cccc(-c2nc(-c3ccccc3Cl)co2)c1. The van der Waals surface area contributed by atoms with Gasteiger partial charge in [0, 0.05) is 11.1 Å². The molecule has 1 aromatic heterocycles. The lowest BCUT2D eigenvalue weighted by molar-refractivity contribution is 0.0697. The third-order valence-electron chi connectivity index (χ3n) is 3.01. The molecule has 0 unspecified atom stereocenters. The lowest BCUT2D eigenvalue weighted by Gasteiger charge is -1.99. The van der Waals surface area contributed by atoms with E-state index in [0.717, 1.165) is 5.56 Å². The summed E-state index contributed by atoms with van der Waals surface area (Å²) in [7, 11) is 0. The van der Waals surface area contributed by atoms with Crippen molar-refractivity contribution in [1.82, 2.24) is 4.98 Å². The van der Waals surface area contributed by atoms with Gasteiger partial charge in [-0.25, -0.2) is 9.78 Å². The number of nitrogens with zero attached hydrogens (tertiary/aromatic N) is 1. The van der Waals surface area contributed by atoms with E-state index in [1.807, 2.05) is 18.2 Å². The van der Waals surface area contributed by atoms with Gasteiger partial charge >= 0.3 is 5.97 Å². The minimum absolute atomic E-state index is 0.185. The maximum Gasteiger partial charge on any atom is 0.335 e. The zero-order chi connectivity index (χ0) is 14.8. The minimum Gasteiger partial charge on any atom is -0.478 e. The highest BCUT2D eigenvalue weighted by Gasteiger charge is 2.12. The van der Waals surface area contributed by atoms with Crippen LogP contribution in [0.4, 0.5) is 0 Å². The molecule has 1 N–H and O–H groups in total. The van der Waals surface area contributed by atoms with Gasteiger partial charge in [0.15, 0.2) is 0 Å². The largest absolute Gasteiger partial charge is 0.478 e. The van der Waals surface area contributed by atoms with E-state index in [9.17, 15) is 4.79 Å². The van der Waals surface area contributed by atoms with Crippen LogP contribution in [-0.4, -0.2) is 16.1 Å². The van der Waals surface area contributed by atoms with Crippen molar-refractivity contribution in [1.29, 1.82) is 0 Å². The number of benzene rings is 2. The Morgan fingerprint density at radius 2 is 1.95 bits per heavy atom. The Kier molecular flexibility index (Phi) is 3.46. The van der Waals surface area contributed by atoms with Crippen LogP contribution < -0.4 is 0 Å². The highest BCUT2D eigenvalue weighted by molar-refractivity contribution is 6.33. The molecule has 21 heavy (non-hydrogen) atoms. The summed E-state index contributed by atoms with van der Waals surface area (Å²) in [6.07, 6.45) is 1.50. The lowest BCUT2D eigenvalue weighted by atomic mass is 10.1. The third kappa shape index (κ3) is 2.66. The quantitative estimate of drug-likeness (QED) is 0.780. The Bertz CT molecular complexity index is 811. The van der Waals surface area contributed by atoms with Crippen LogP contribution in [0.2, 0.25) is 5.02 Å². The molecule has 0 atom stereocenters. The van der Waals surface area contributed by atoms with E-state index < -0.39 is 5.97 Å². The third-order valence-corrected chi connectivity index (χ3v) is 3.34. The highest BCUT2D eigenvalue weighted by atomic mass is 35.5. The van der Waals surface area contributed by atoms with Crippen LogP contribution in [-0.2, 0) is 0 Å². The van der Waals surface area contributed by atoms with Gasteiger partial charge in [-0.05, 0) is 24.3 Å². The van der Waals surface area contributed by atoms with Crippen molar-refractivity contribution >= 4 is 17.6 Å². The molecule has 0 aliphatic heterocycles. The van der Waals surface area contributed by atoms with Crippen molar-refractivity contribution in [3.8, 4) is 22.7 Å². The minimum atomic E-state index is -0.991. The molecule has 0 aliphatic carbocycles. The van der Waals surface area contributed by atoms with E-state index in [2.05, 4.69) is 4.98 Å². The van der Waals surface area contributed by atoms with E-state index >= 15 is 0 Å². The fourth-order valence-electron chi connectivity index (χ4n) is 1.98. The normalized spacial score (nSPS) is 10.5. The molecule has 3 aromatic rings. The smallest absolute Gasteiger partial charge is 0.335 e. The van der Waals surface area contributed by atoms with E-state index in [1.165, 1.54) is 18.4 Å². The number of carbonyl (C=O) groups is 1. The van der Waals surface area contributed by atoms with Crippen molar-refractivity contribution in [2.24, 2.45) is 0 Å². The summed E-state index contributed by atoms with van der Waals surface area (Å²) in [4.78, 5) is 15.4. The van der Waals surface area contributed by atoms with Gasteiger partial charge < -0.3 is 9.52 Å². The van der Waals surface area contributed by atoms with E-state index in [-0.39, 0.29) is 5.56 Å². The summed E-state index contributed by atoms with van der Waals surface area (Å²) in [6, 6.07) is 13.7. The first-order valence-corrected chi connectivity index (χ1v) is 6.57. The monoisotopic (exact) mass is 299 g/mol. The van der Waals surface area contributed by atoms with Gasteiger partial charge in [-0.3, -0.25) is 0 Å². The number of aromatic nitrogens is 1. The summed E-state index contributed by atoms with van der Waals surface area (Å²) in [6.45, 7) is 0. The second kappa shape index (κ2) is 5.42. The van der Waals surface area contributed by atoms with Gasteiger partial charge in [0.05, 0.1) is 10.6 Å². The molecule has 0 radical (unpaired) electrons. The summed E-state index contributed by atoms with van der Waals surface area (Å²) in [5.41, 5.74) is 2.16. The van der Waals surface area contributed by atoms with Crippen LogP contribution in [0.5, 0.6) is 0 Å². The summed E-state index contributed by atoms with van der Waals surface area (Å²) in [5, 5.41) is 9.59. The number of aromatic carboxylic acids is 1. The number of carboxylic acid groups (broad SMARTS) is 1. The second-order valence-corrected chi connectivity index (χ2v) is 4.81. The number of oxazole rings is 1. The predicted octanol–water partition coefficient (Wildman–Crippen LogP) is 4.36. The Morgan fingerprint density at radius 3 is 2.71 bits per heavy atom. The number of carboxylic acids is 1. The molecule has 0 spiro atoms.